The Balaban J connectivity index is 2.11. The standard InChI is InChI=1S/C16H15N5O4/c1-23-14(22)9-6-8(20-16(19)21-15(17)18)7-12-13(9)25-11-5-3-2-4-10(11)24-12/h2-7H,1H3,(H6,17,18,19,20,21). The second kappa shape index (κ2) is 6.40. The number of para-hydroxylation sites is 2. The van der Waals surface area contributed by atoms with Crippen molar-refractivity contribution < 1.29 is 19.0 Å². The highest BCUT2D eigenvalue weighted by Gasteiger charge is 2.26. The quantitative estimate of drug-likeness (QED) is 0.364. The molecule has 0 amide bonds. The summed E-state index contributed by atoms with van der Waals surface area (Å²) >= 11 is 0. The van der Waals surface area contributed by atoms with E-state index in [9.17, 15) is 4.79 Å². The summed E-state index contributed by atoms with van der Waals surface area (Å²) in [5, 5.41) is 0. The topological polar surface area (TPSA) is 148 Å². The van der Waals surface area contributed by atoms with Crippen LogP contribution in [0.25, 0.3) is 0 Å². The summed E-state index contributed by atoms with van der Waals surface area (Å²) in [7, 11) is 1.26. The number of ether oxygens (including phenoxy) is 3. The van der Waals surface area contributed by atoms with Gasteiger partial charge in [0.2, 0.25) is 5.96 Å². The Bertz CT molecular complexity index is 903. The molecule has 6 N–H and O–H groups in total. The monoisotopic (exact) mass is 341 g/mol. The summed E-state index contributed by atoms with van der Waals surface area (Å²) in [6.07, 6.45) is 0. The number of esters is 1. The maximum Gasteiger partial charge on any atom is 0.341 e. The predicted molar refractivity (Wildman–Crippen MR) is 91.5 cm³/mol. The predicted octanol–water partition coefficient (Wildman–Crippen LogP) is 1.59. The summed E-state index contributed by atoms with van der Waals surface area (Å²) in [6.45, 7) is 0. The van der Waals surface area contributed by atoms with Crippen molar-refractivity contribution in [3.63, 3.8) is 0 Å². The van der Waals surface area contributed by atoms with Gasteiger partial charge in [0.05, 0.1) is 12.8 Å². The molecule has 0 fully saturated rings. The lowest BCUT2D eigenvalue weighted by Gasteiger charge is -2.22. The minimum Gasteiger partial charge on any atom is -0.465 e. The van der Waals surface area contributed by atoms with Gasteiger partial charge in [-0.2, -0.15) is 4.99 Å². The largest absolute Gasteiger partial charge is 0.465 e. The summed E-state index contributed by atoms with van der Waals surface area (Å²) < 4.78 is 16.4. The van der Waals surface area contributed by atoms with Gasteiger partial charge in [-0.15, -0.1) is 0 Å². The smallest absolute Gasteiger partial charge is 0.341 e. The third-order valence-electron chi connectivity index (χ3n) is 3.21. The third kappa shape index (κ3) is 3.29. The van der Waals surface area contributed by atoms with E-state index in [1.165, 1.54) is 13.2 Å². The molecular weight excluding hydrogens is 326 g/mol. The van der Waals surface area contributed by atoms with E-state index in [1.807, 2.05) is 0 Å². The first-order valence-corrected chi connectivity index (χ1v) is 7.13. The molecule has 0 aromatic heterocycles. The van der Waals surface area contributed by atoms with E-state index in [2.05, 4.69) is 9.98 Å². The van der Waals surface area contributed by atoms with Gasteiger partial charge in [0.15, 0.2) is 29.0 Å². The van der Waals surface area contributed by atoms with E-state index in [0.717, 1.165) is 0 Å². The molecule has 25 heavy (non-hydrogen) atoms. The van der Waals surface area contributed by atoms with Crippen molar-refractivity contribution in [2.45, 2.75) is 0 Å². The van der Waals surface area contributed by atoms with Crippen molar-refractivity contribution in [3.8, 4) is 23.0 Å². The molecular formula is C16H15N5O4. The molecule has 1 heterocycles. The van der Waals surface area contributed by atoms with Crippen LogP contribution in [0.4, 0.5) is 5.69 Å². The molecule has 0 radical (unpaired) electrons. The number of hydrogen-bond donors (Lipinski definition) is 3. The number of nitrogens with two attached hydrogens (primary N) is 3. The molecule has 0 spiro atoms. The van der Waals surface area contributed by atoms with E-state index < -0.39 is 5.97 Å². The van der Waals surface area contributed by atoms with Gasteiger partial charge in [-0.25, -0.2) is 9.79 Å². The number of hydrogen-bond acceptors (Lipinski definition) is 5. The van der Waals surface area contributed by atoms with E-state index in [4.69, 9.17) is 31.4 Å². The molecule has 3 rings (SSSR count). The number of rotatable bonds is 2. The van der Waals surface area contributed by atoms with Crippen LogP contribution in [0, 0.1) is 0 Å². The van der Waals surface area contributed by atoms with E-state index in [1.54, 1.807) is 30.3 Å². The van der Waals surface area contributed by atoms with Crippen LogP contribution >= 0.6 is 0 Å². The summed E-state index contributed by atoms with van der Waals surface area (Å²) in [5.41, 5.74) is 16.6. The lowest BCUT2D eigenvalue weighted by Crippen LogP contribution is -2.26. The molecule has 9 heteroatoms. The van der Waals surface area contributed by atoms with Gasteiger partial charge in [-0.3, -0.25) is 0 Å². The number of guanidine groups is 2. The molecule has 0 atom stereocenters. The highest BCUT2D eigenvalue weighted by molar-refractivity contribution is 5.97. The van der Waals surface area contributed by atoms with Gasteiger partial charge in [-0.05, 0) is 18.2 Å². The fourth-order valence-electron chi connectivity index (χ4n) is 2.23. The van der Waals surface area contributed by atoms with Crippen LogP contribution in [0.15, 0.2) is 46.4 Å². The minimum atomic E-state index is -0.614. The number of carbonyl (C=O) groups is 1. The maximum atomic E-state index is 12.1. The van der Waals surface area contributed by atoms with Crippen molar-refractivity contribution >= 4 is 23.6 Å². The summed E-state index contributed by atoms with van der Waals surface area (Å²) in [5.74, 6) is 0.480. The fraction of sp³-hybridized carbons (Fsp3) is 0.0625. The Labute approximate surface area is 142 Å². The molecule has 1 aliphatic heterocycles. The van der Waals surface area contributed by atoms with Gasteiger partial charge in [-0.1, -0.05) is 12.1 Å². The van der Waals surface area contributed by atoms with E-state index in [-0.39, 0.29) is 29.0 Å². The second-order valence-electron chi connectivity index (χ2n) is 4.97. The zero-order chi connectivity index (χ0) is 18.0. The van der Waals surface area contributed by atoms with Crippen LogP contribution in [0.3, 0.4) is 0 Å². The normalized spacial score (nSPS) is 12.1. The highest BCUT2D eigenvalue weighted by Crippen LogP contribution is 2.48. The first kappa shape index (κ1) is 16.1. The lowest BCUT2D eigenvalue weighted by atomic mass is 10.1. The summed E-state index contributed by atoms with van der Waals surface area (Å²) in [6, 6.07) is 10.0. The van der Waals surface area contributed by atoms with E-state index in [0.29, 0.717) is 17.2 Å². The van der Waals surface area contributed by atoms with Gasteiger partial charge in [0, 0.05) is 6.07 Å². The molecule has 0 saturated carbocycles. The first-order chi connectivity index (χ1) is 12.0. The number of benzene rings is 2. The van der Waals surface area contributed by atoms with Crippen molar-refractivity contribution in [1.82, 2.24) is 0 Å². The molecule has 0 bridgehead atoms. The van der Waals surface area contributed by atoms with E-state index >= 15 is 0 Å². The maximum absolute atomic E-state index is 12.1. The molecule has 9 nitrogen and oxygen atoms in total. The lowest BCUT2D eigenvalue weighted by molar-refractivity contribution is 0.0597. The van der Waals surface area contributed by atoms with Crippen molar-refractivity contribution in [1.29, 1.82) is 0 Å². The van der Waals surface area contributed by atoms with Gasteiger partial charge in [0.25, 0.3) is 0 Å². The van der Waals surface area contributed by atoms with Gasteiger partial charge in [0.1, 0.15) is 5.56 Å². The molecule has 0 saturated heterocycles. The molecule has 2 aromatic rings. The van der Waals surface area contributed by atoms with Crippen molar-refractivity contribution in [2.24, 2.45) is 27.2 Å². The molecule has 0 aliphatic carbocycles. The second-order valence-corrected chi connectivity index (χ2v) is 4.97. The Morgan fingerprint density at radius 1 is 1.04 bits per heavy atom. The zero-order valence-corrected chi connectivity index (χ0v) is 13.2. The molecule has 128 valence electrons. The van der Waals surface area contributed by atoms with Crippen LogP contribution in [0.5, 0.6) is 23.0 Å². The van der Waals surface area contributed by atoms with Gasteiger partial charge < -0.3 is 31.4 Å². The molecule has 2 aromatic carbocycles. The Kier molecular flexibility index (Phi) is 4.12. The van der Waals surface area contributed by atoms with Crippen molar-refractivity contribution in [3.05, 3.63) is 42.0 Å². The van der Waals surface area contributed by atoms with Crippen LogP contribution in [-0.2, 0) is 4.74 Å². The number of fused-ring (bicyclic) bond motifs is 2. The Morgan fingerprint density at radius 2 is 1.72 bits per heavy atom. The number of methoxy groups -OCH3 is 1. The van der Waals surface area contributed by atoms with Crippen LogP contribution in [0.2, 0.25) is 0 Å². The number of nitrogens with zero attached hydrogens (tertiary/aromatic N) is 2. The minimum absolute atomic E-state index is 0.130. The molecule has 0 unspecified atom stereocenters. The Hall–Kier alpha value is -3.75. The fourth-order valence-corrected chi connectivity index (χ4v) is 2.23. The highest BCUT2D eigenvalue weighted by atomic mass is 16.6. The SMILES string of the molecule is COC(=O)c1cc(N=C(N)N=C(N)N)cc2c1Oc1ccccc1O2. The average molecular weight is 341 g/mol. The first-order valence-electron chi connectivity index (χ1n) is 7.13. The molecule has 1 aliphatic rings. The van der Waals surface area contributed by atoms with Crippen LogP contribution in [-0.4, -0.2) is 25.0 Å². The van der Waals surface area contributed by atoms with Crippen LogP contribution in [0.1, 0.15) is 10.4 Å². The van der Waals surface area contributed by atoms with Gasteiger partial charge >= 0.3 is 5.97 Å². The van der Waals surface area contributed by atoms with Crippen molar-refractivity contribution in [2.75, 3.05) is 7.11 Å². The van der Waals surface area contributed by atoms with Crippen LogP contribution < -0.4 is 26.7 Å². The zero-order valence-electron chi connectivity index (χ0n) is 13.2. The average Bonchev–Trinajstić information content (AvgIpc) is 2.57. The Morgan fingerprint density at radius 3 is 2.36 bits per heavy atom. The number of carbonyl (C=O) groups excluding carboxylic acids is 1. The number of aliphatic imine (C=N–C) groups is 2. The summed E-state index contributed by atoms with van der Waals surface area (Å²) in [4.78, 5) is 19.8. The third-order valence-corrected chi connectivity index (χ3v) is 3.21.